The van der Waals surface area contributed by atoms with Gasteiger partial charge in [-0.25, -0.2) is 0 Å². The van der Waals surface area contributed by atoms with Crippen LogP contribution in [0.5, 0.6) is 0 Å². The van der Waals surface area contributed by atoms with Crippen LogP contribution in [0.25, 0.3) is 0 Å². The van der Waals surface area contributed by atoms with Crippen molar-refractivity contribution in [3.05, 3.63) is 163 Å². The average Bonchev–Trinajstić information content (AvgIpc) is 3.02. The standard InChI is InChI=1S/C35H30N2OP/c1-28(36-37-34(29-17-7-2-8-18-29)35(38)30-19-9-3-10-20-30)27-39(31-21-11-4-12-22-31,32-23-13-5-14-24-32)33-25-15-6-16-26-33/h2-26H,27H2,1H3/q+1/b36-28-,37-34+. The van der Waals surface area contributed by atoms with E-state index in [0.29, 0.717) is 17.4 Å². The molecule has 5 rings (SSSR count). The third-order valence-electron chi connectivity index (χ3n) is 6.68. The van der Waals surface area contributed by atoms with E-state index >= 15 is 0 Å². The molecule has 0 saturated heterocycles. The lowest BCUT2D eigenvalue weighted by Crippen LogP contribution is -2.35. The number of carbonyl (C=O) groups is 1. The van der Waals surface area contributed by atoms with E-state index in [1.54, 1.807) is 0 Å². The van der Waals surface area contributed by atoms with Crippen molar-refractivity contribution in [1.29, 1.82) is 0 Å². The van der Waals surface area contributed by atoms with Gasteiger partial charge in [0.25, 0.3) is 0 Å². The van der Waals surface area contributed by atoms with Crippen LogP contribution in [0.15, 0.2) is 162 Å². The Labute approximate surface area is 230 Å². The highest BCUT2D eigenvalue weighted by Gasteiger charge is 2.45. The molecule has 0 heterocycles. The lowest BCUT2D eigenvalue weighted by molar-refractivity contribution is 0.106. The summed E-state index contributed by atoms with van der Waals surface area (Å²) in [5.74, 6) is -0.145. The molecule has 3 nitrogen and oxygen atoms in total. The molecule has 0 N–H and O–H groups in total. The Morgan fingerprint density at radius 1 is 0.513 bits per heavy atom. The zero-order valence-electron chi connectivity index (χ0n) is 21.9. The molecule has 0 aliphatic carbocycles. The monoisotopic (exact) mass is 525 g/mol. The molecule has 0 radical (unpaired) electrons. The zero-order valence-corrected chi connectivity index (χ0v) is 22.8. The van der Waals surface area contributed by atoms with Gasteiger partial charge in [0.15, 0.2) is 0 Å². The number of benzene rings is 5. The summed E-state index contributed by atoms with van der Waals surface area (Å²) < 4.78 is 0. The van der Waals surface area contributed by atoms with Gasteiger partial charge in [-0.2, -0.15) is 5.10 Å². The van der Waals surface area contributed by atoms with E-state index in [1.165, 1.54) is 15.9 Å². The molecule has 0 amide bonds. The van der Waals surface area contributed by atoms with Gasteiger partial charge in [-0.15, -0.1) is 5.10 Å². The van der Waals surface area contributed by atoms with Crippen LogP contribution in [0.3, 0.4) is 0 Å². The molecule has 4 heteroatoms. The van der Waals surface area contributed by atoms with Gasteiger partial charge in [0, 0.05) is 11.1 Å². The largest absolute Gasteiger partial charge is 0.287 e. The van der Waals surface area contributed by atoms with Crippen molar-refractivity contribution in [1.82, 2.24) is 0 Å². The summed E-state index contributed by atoms with van der Waals surface area (Å²) in [7, 11) is -2.11. The second-order valence-corrected chi connectivity index (χ2v) is 12.8. The van der Waals surface area contributed by atoms with Gasteiger partial charge in [-0.05, 0) is 43.3 Å². The summed E-state index contributed by atoms with van der Waals surface area (Å²) in [5, 5.41) is 13.2. The maximum atomic E-state index is 13.5. The molecule has 0 aromatic heterocycles. The summed E-state index contributed by atoms with van der Waals surface area (Å²) in [6, 6.07) is 50.9. The van der Waals surface area contributed by atoms with Gasteiger partial charge in [0.2, 0.25) is 5.78 Å². The molecular formula is C35H30N2OP+. The Balaban J connectivity index is 1.63. The Morgan fingerprint density at radius 2 is 0.872 bits per heavy atom. The Kier molecular flexibility index (Phi) is 8.31. The normalized spacial score (nSPS) is 12.2. The topological polar surface area (TPSA) is 41.8 Å². The average molecular weight is 526 g/mol. The molecule has 0 unspecified atom stereocenters. The first-order valence-corrected chi connectivity index (χ1v) is 15.0. The second-order valence-electron chi connectivity index (χ2n) is 9.32. The van der Waals surface area contributed by atoms with E-state index in [-0.39, 0.29) is 5.78 Å². The smallest absolute Gasteiger partial charge is 0.213 e. The minimum Gasteiger partial charge on any atom is -0.287 e. The highest BCUT2D eigenvalue weighted by molar-refractivity contribution is 7.96. The maximum Gasteiger partial charge on any atom is 0.213 e. The molecule has 39 heavy (non-hydrogen) atoms. The molecule has 0 spiro atoms. The van der Waals surface area contributed by atoms with Crippen LogP contribution in [-0.2, 0) is 0 Å². The molecule has 0 fully saturated rings. The van der Waals surface area contributed by atoms with Gasteiger partial charge in [0.1, 0.15) is 35.0 Å². The zero-order chi connectivity index (χ0) is 26.9. The fraction of sp³-hybridized carbons (Fsp3) is 0.0571. The van der Waals surface area contributed by atoms with Gasteiger partial charge in [-0.1, -0.05) is 115 Å². The molecule has 190 valence electrons. The van der Waals surface area contributed by atoms with Gasteiger partial charge < -0.3 is 0 Å². The summed E-state index contributed by atoms with van der Waals surface area (Å²) in [6.07, 6.45) is 0.705. The number of hydrogen-bond donors (Lipinski definition) is 0. The molecule has 5 aromatic carbocycles. The third-order valence-corrected chi connectivity index (χ3v) is 11.1. The number of ketones is 1. The van der Waals surface area contributed by atoms with Crippen LogP contribution in [0, 0.1) is 0 Å². The van der Waals surface area contributed by atoms with Crippen molar-refractivity contribution in [2.45, 2.75) is 6.92 Å². The van der Waals surface area contributed by atoms with Gasteiger partial charge in [-0.3, -0.25) is 4.79 Å². The summed E-state index contributed by atoms with van der Waals surface area (Å²) in [5.41, 5.74) is 2.55. The lowest BCUT2D eigenvalue weighted by atomic mass is 10.0. The molecule has 0 aliphatic heterocycles. The van der Waals surface area contributed by atoms with Crippen LogP contribution in [-0.4, -0.2) is 23.4 Å². The maximum absolute atomic E-state index is 13.5. The molecular weight excluding hydrogens is 495 g/mol. The molecule has 0 atom stereocenters. The van der Waals surface area contributed by atoms with Crippen molar-refractivity contribution in [3.8, 4) is 0 Å². The minimum atomic E-state index is -2.11. The fourth-order valence-electron chi connectivity index (χ4n) is 4.84. The quantitative estimate of drug-likeness (QED) is 0.0911. The van der Waals surface area contributed by atoms with Crippen LogP contribution in [0.2, 0.25) is 0 Å². The van der Waals surface area contributed by atoms with E-state index in [9.17, 15) is 4.79 Å². The Hall–Kier alpha value is -4.46. The Bertz CT molecular complexity index is 1470. The molecule has 0 saturated carbocycles. The number of carbonyl (C=O) groups excluding carboxylic acids is 1. The minimum absolute atomic E-state index is 0.145. The predicted molar refractivity (Wildman–Crippen MR) is 167 cm³/mol. The van der Waals surface area contributed by atoms with Crippen LogP contribution >= 0.6 is 7.26 Å². The van der Waals surface area contributed by atoms with E-state index in [1.807, 2.05) is 67.6 Å². The van der Waals surface area contributed by atoms with Gasteiger partial charge in [0.05, 0.1) is 5.71 Å². The van der Waals surface area contributed by atoms with Crippen molar-refractivity contribution >= 4 is 40.4 Å². The first kappa shape index (κ1) is 26.2. The van der Waals surface area contributed by atoms with Crippen LogP contribution < -0.4 is 15.9 Å². The van der Waals surface area contributed by atoms with E-state index in [2.05, 4.69) is 96.1 Å². The second kappa shape index (κ2) is 12.4. The van der Waals surface area contributed by atoms with Crippen LogP contribution in [0.1, 0.15) is 22.8 Å². The van der Waals surface area contributed by atoms with E-state index in [4.69, 9.17) is 5.10 Å². The first-order valence-electron chi connectivity index (χ1n) is 13.0. The third kappa shape index (κ3) is 5.85. The van der Waals surface area contributed by atoms with Crippen molar-refractivity contribution in [2.75, 3.05) is 6.16 Å². The van der Waals surface area contributed by atoms with Crippen LogP contribution in [0.4, 0.5) is 0 Å². The summed E-state index contributed by atoms with van der Waals surface area (Å²) in [4.78, 5) is 13.5. The number of rotatable bonds is 9. The fourth-order valence-corrected chi connectivity index (χ4v) is 9.07. The SMILES string of the molecule is C/C(C[P+](c1ccccc1)(c1ccccc1)c1ccccc1)=N/N=C(/C(=O)c1ccccc1)c1ccccc1. The summed E-state index contributed by atoms with van der Waals surface area (Å²) in [6.45, 7) is 2.02. The highest BCUT2D eigenvalue weighted by Crippen LogP contribution is 2.55. The van der Waals surface area contributed by atoms with Crippen molar-refractivity contribution in [3.63, 3.8) is 0 Å². The molecule has 0 aliphatic rings. The summed E-state index contributed by atoms with van der Waals surface area (Å²) >= 11 is 0. The van der Waals surface area contributed by atoms with Crippen molar-refractivity contribution in [2.24, 2.45) is 10.2 Å². The molecule has 0 bridgehead atoms. The number of hydrogen-bond acceptors (Lipinski definition) is 3. The first-order chi connectivity index (χ1) is 19.2. The number of Topliss-reactive ketones (excluding diaryl/α,β-unsaturated/α-hetero) is 1. The number of nitrogens with zero attached hydrogens (tertiary/aromatic N) is 2. The lowest BCUT2D eigenvalue weighted by Gasteiger charge is -2.27. The van der Waals surface area contributed by atoms with Crippen molar-refractivity contribution < 1.29 is 4.79 Å². The van der Waals surface area contributed by atoms with E-state index in [0.717, 1.165) is 11.3 Å². The predicted octanol–water partition coefficient (Wildman–Crippen LogP) is 6.73. The Morgan fingerprint density at radius 3 is 1.28 bits per heavy atom. The van der Waals surface area contributed by atoms with E-state index < -0.39 is 7.26 Å². The van der Waals surface area contributed by atoms with Gasteiger partial charge >= 0.3 is 0 Å². The molecule has 5 aromatic rings. The highest BCUT2D eigenvalue weighted by atomic mass is 31.2.